The van der Waals surface area contributed by atoms with Crippen LogP contribution in [-0.4, -0.2) is 6.04 Å². The van der Waals surface area contributed by atoms with Gasteiger partial charge in [0.1, 0.15) is 0 Å². The average molecular weight is 169 g/mol. The predicted octanol–water partition coefficient (Wildman–Crippen LogP) is 2.80. The van der Waals surface area contributed by atoms with Crippen molar-refractivity contribution in [2.24, 2.45) is 23.5 Å². The monoisotopic (exact) mass is 169 g/mol. The minimum atomic E-state index is 0.436. The molecule has 0 heterocycles. The first kappa shape index (κ1) is 10.0. The van der Waals surface area contributed by atoms with Crippen molar-refractivity contribution in [3.63, 3.8) is 0 Å². The predicted molar refractivity (Wildman–Crippen MR) is 53.9 cm³/mol. The Balaban J connectivity index is 2.11. The van der Waals surface area contributed by atoms with Gasteiger partial charge in [-0.3, -0.25) is 0 Å². The van der Waals surface area contributed by atoms with Crippen LogP contribution in [0.5, 0.6) is 0 Å². The van der Waals surface area contributed by atoms with E-state index >= 15 is 0 Å². The van der Waals surface area contributed by atoms with Crippen LogP contribution < -0.4 is 5.73 Å². The summed E-state index contributed by atoms with van der Waals surface area (Å²) in [4.78, 5) is 0. The maximum Gasteiger partial charge on any atom is 0.00670 e. The molecule has 0 bridgehead atoms. The van der Waals surface area contributed by atoms with E-state index in [1.165, 1.54) is 25.7 Å². The van der Waals surface area contributed by atoms with Crippen LogP contribution in [0.2, 0.25) is 0 Å². The van der Waals surface area contributed by atoms with Gasteiger partial charge in [-0.05, 0) is 30.6 Å². The lowest BCUT2D eigenvalue weighted by Crippen LogP contribution is -2.31. The smallest absolute Gasteiger partial charge is 0.00670 e. The standard InChI is InChI=1S/C11H23N/c1-8(2)9(3)11(12)7-6-10-4-5-10/h8-11H,4-7,12H2,1-3H3. The third-order valence-corrected chi connectivity index (χ3v) is 3.33. The average Bonchev–Trinajstić information content (AvgIpc) is 2.81. The Kier molecular flexibility index (Phi) is 3.57. The van der Waals surface area contributed by atoms with Crippen molar-refractivity contribution in [3.8, 4) is 0 Å². The number of rotatable bonds is 5. The van der Waals surface area contributed by atoms with E-state index in [0.717, 1.165) is 11.8 Å². The van der Waals surface area contributed by atoms with Gasteiger partial charge in [-0.1, -0.05) is 33.6 Å². The van der Waals surface area contributed by atoms with E-state index in [0.29, 0.717) is 12.0 Å². The summed E-state index contributed by atoms with van der Waals surface area (Å²) >= 11 is 0. The molecule has 2 atom stereocenters. The molecular formula is C11H23N. The Morgan fingerprint density at radius 1 is 1.25 bits per heavy atom. The summed E-state index contributed by atoms with van der Waals surface area (Å²) in [7, 11) is 0. The van der Waals surface area contributed by atoms with Crippen LogP contribution in [0.25, 0.3) is 0 Å². The topological polar surface area (TPSA) is 26.0 Å². The van der Waals surface area contributed by atoms with E-state index in [1.807, 2.05) is 0 Å². The van der Waals surface area contributed by atoms with Gasteiger partial charge in [0.15, 0.2) is 0 Å². The summed E-state index contributed by atoms with van der Waals surface area (Å²) in [6.07, 6.45) is 5.54. The first-order valence-corrected chi connectivity index (χ1v) is 5.37. The largest absolute Gasteiger partial charge is 0.327 e. The van der Waals surface area contributed by atoms with Crippen LogP contribution in [-0.2, 0) is 0 Å². The Hall–Kier alpha value is -0.0400. The fourth-order valence-electron chi connectivity index (χ4n) is 1.59. The van der Waals surface area contributed by atoms with Gasteiger partial charge in [-0.15, -0.1) is 0 Å². The second kappa shape index (κ2) is 4.27. The number of nitrogens with two attached hydrogens (primary N) is 1. The van der Waals surface area contributed by atoms with Gasteiger partial charge in [0.25, 0.3) is 0 Å². The normalized spacial score (nSPS) is 22.8. The van der Waals surface area contributed by atoms with E-state index in [1.54, 1.807) is 0 Å². The summed E-state index contributed by atoms with van der Waals surface area (Å²) in [5.41, 5.74) is 6.09. The minimum Gasteiger partial charge on any atom is -0.327 e. The minimum absolute atomic E-state index is 0.436. The Morgan fingerprint density at radius 2 is 1.83 bits per heavy atom. The Bertz CT molecular complexity index is 127. The van der Waals surface area contributed by atoms with Crippen molar-refractivity contribution in [1.29, 1.82) is 0 Å². The molecule has 1 nitrogen and oxygen atoms in total. The maximum atomic E-state index is 6.09. The lowest BCUT2D eigenvalue weighted by molar-refractivity contribution is 0.325. The first-order valence-electron chi connectivity index (χ1n) is 5.37. The third kappa shape index (κ3) is 3.14. The Labute approximate surface area is 76.7 Å². The van der Waals surface area contributed by atoms with E-state index in [9.17, 15) is 0 Å². The van der Waals surface area contributed by atoms with Crippen LogP contribution in [0.4, 0.5) is 0 Å². The van der Waals surface area contributed by atoms with Crippen LogP contribution in [0.3, 0.4) is 0 Å². The van der Waals surface area contributed by atoms with E-state index in [-0.39, 0.29) is 0 Å². The van der Waals surface area contributed by atoms with Crippen molar-refractivity contribution in [3.05, 3.63) is 0 Å². The van der Waals surface area contributed by atoms with Crippen molar-refractivity contribution >= 4 is 0 Å². The van der Waals surface area contributed by atoms with Gasteiger partial charge >= 0.3 is 0 Å². The summed E-state index contributed by atoms with van der Waals surface area (Å²) in [5, 5.41) is 0. The molecule has 12 heavy (non-hydrogen) atoms. The molecule has 0 aliphatic heterocycles. The molecule has 0 amide bonds. The molecule has 0 aromatic rings. The van der Waals surface area contributed by atoms with Crippen LogP contribution in [0, 0.1) is 17.8 Å². The van der Waals surface area contributed by atoms with Crippen molar-refractivity contribution < 1.29 is 0 Å². The highest BCUT2D eigenvalue weighted by Gasteiger charge is 2.23. The molecule has 0 aromatic heterocycles. The van der Waals surface area contributed by atoms with E-state index in [2.05, 4.69) is 20.8 Å². The lowest BCUT2D eigenvalue weighted by atomic mass is 9.88. The van der Waals surface area contributed by atoms with Gasteiger partial charge in [-0.25, -0.2) is 0 Å². The SMILES string of the molecule is CC(C)C(C)C(N)CCC1CC1. The molecule has 0 spiro atoms. The van der Waals surface area contributed by atoms with Crippen LogP contribution >= 0.6 is 0 Å². The summed E-state index contributed by atoms with van der Waals surface area (Å²) in [6, 6.07) is 0.436. The molecule has 72 valence electrons. The molecule has 1 saturated carbocycles. The molecule has 1 fully saturated rings. The zero-order chi connectivity index (χ0) is 9.14. The van der Waals surface area contributed by atoms with E-state index in [4.69, 9.17) is 5.73 Å². The maximum absolute atomic E-state index is 6.09. The van der Waals surface area contributed by atoms with Crippen LogP contribution in [0.1, 0.15) is 46.5 Å². The molecule has 1 aliphatic carbocycles. The van der Waals surface area contributed by atoms with E-state index < -0.39 is 0 Å². The fraction of sp³-hybridized carbons (Fsp3) is 1.00. The summed E-state index contributed by atoms with van der Waals surface area (Å²) in [5.74, 6) is 2.46. The van der Waals surface area contributed by atoms with Crippen LogP contribution in [0.15, 0.2) is 0 Å². The van der Waals surface area contributed by atoms with Crippen molar-refractivity contribution in [1.82, 2.24) is 0 Å². The first-order chi connectivity index (χ1) is 5.61. The molecule has 1 heteroatoms. The molecule has 0 saturated heterocycles. The molecular weight excluding hydrogens is 146 g/mol. The molecule has 0 radical (unpaired) electrons. The van der Waals surface area contributed by atoms with Gasteiger partial charge < -0.3 is 5.73 Å². The highest BCUT2D eigenvalue weighted by Crippen LogP contribution is 2.34. The Morgan fingerprint density at radius 3 is 2.25 bits per heavy atom. The second-order valence-electron chi connectivity index (χ2n) is 4.79. The quantitative estimate of drug-likeness (QED) is 0.673. The molecule has 0 aromatic carbocycles. The highest BCUT2D eigenvalue weighted by molar-refractivity contribution is 4.78. The van der Waals surface area contributed by atoms with Crippen molar-refractivity contribution in [2.75, 3.05) is 0 Å². The number of hydrogen-bond donors (Lipinski definition) is 1. The zero-order valence-electron chi connectivity index (χ0n) is 8.72. The van der Waals surface area contributed by atoms with Gasteiger partial charge in [0.2, 0.25) is 0 Å². The summed E-state index contributed by atoms with van der Waals surface area (Å²) < 4.78 is 0. The molecule has 1 aliphatic rings. The van der Waals surface area contributed by atoms with Gasteiger partial charge in [-0.2, -0.15) is 0 Å². The zero-order valence-corrected chi connectivity index (χ0v) is 8.72. The highest BCUT2D eigenvalue weighted by atomic mass is 14.6. The van der Waals surface area contributed by atoms with Gasteiger partial charge in [0, 0.05) is 6.04 Å². The fourth-order valence-corrected chi connectivity index (χ4v) is 1.59. The summed E-state index contributed by atoms with van der Waals surface area (Å²) in [6.45, 7) is 6.81. The molecule has 2 N–H and O–H groups in total. The molecule has 1 rings (SSSR count). The third-order valence-electron chi connectivity index (χ3n) is 3.33. The lowest BCUT2D eigenvalue weighted by Gasteiger charge is -2.23. The second-order valence-corrected chi connectivity index (χ2v) is 4.79. The van der Waals surface area contributed by atoms with Crippen molar-refractivity contribution in [2.45, 2.75) is 52.5 Å². The van der Waals surface area contributed by atoms with Gasteiger partial charge in [0.05, 0.1) is 0 Å². The molecule has 2 unspecified atom stereocenters. The number of hydrogen-bond acceptors (Lipinski definition) is 1.